The molecule has 168 valence electrons. The van der Waals surface area contributed by atoms with Crippen molar-refractivity contribution in [2.75, 3.05) is 24.5 Å². The van der Waals surface area contributed by atoms with Crippen molar-refractivity contribution in [2.24, 2.45) is 0 Å². The molecule has 1 unspecified atom stereocenters. The van der Waals surface area contributed by atoms with Gasteiger partial charge >= 0.3 is 5.69 Å². The third-order valence-electron chi connectivity index (χ3n) is 5.86. The quantitative estimate of drug-likeness (QED) is 0.588. The largest absolute Gasteiger partial charge is 0.370 e. The Morgan fingerprint density at radius 1 is 1.22 bits per heavy atom. The highest BCUT2D eigenvalue weighted by molar-refractivity contribution is 5.82. The van der Waals surface area contributed by atoms with Crippen molar-refractivity contribution >= 4 is 11.6 Å². The zero-order valence-corrected chi connectivity index (χ0v) is 18.2. The van der Waals surface area contributed by atoms with Crippen molar-refractivity contribution in [3.05, 3.63) is 82.3 Å². The van der Waals surface area contributed by atoms with Gasteiger partial charge in [-0.15, -0.1) is 0 Å². The van der Waals surface area contributed by atoms with E-state index >= 15 is 0 Å². The van der Waals surface area contributed by atoms with Crippen LogP contribution >= 0.6 is 0 Å². The fourth-order valence-corrected chi connectivity index (χ4v) is 4.21. The van der Waals surface area contributed by atoms with Crippen LogP contribution in [-0.4, -0.2) is 39.9 Å². The molecule has 0 saturated carbocycles. The molecule has 3 aromatic rings. The number of nitrogens with zero attached hydrogens (tertiary/aromatic N) is 4. The van der Waals surface area contributed by atoms with Gasteiger partial charge in [0.1, 0.15) is 11.6 Å². The summed E-state index contributed by atoms with van der Waals surface area (Å²) < 4.78 is 16.4. The van der Waals surface area contributed by atoms with Gasteiger partial charge in [0.2, 0.25) is 5.91 Å². The van der Waals surface area contributed by atoms with Crippen LogP contribution in [-0.2, 0) is 17.9 Å². The van der Waals surface area contributed by atoms with Crippen molar-refractivity contribution in [3.8, 4) is 0 Å². The van der Waals surface area contributed by atoms with E-state index < -0.39 is 5.92 Å². The van der Waals surface area contributed by atoms with Gasteiger partial charge in [-0.2, -0.15) is 5.10 Å². The molecular formula is C24H28FN5O2. The number of benzene rings is 2. The Balaban J connectivity index is 1.43. The van der Waals surface area contributed by atoms with Crippen LogP contribution in [0.25, 0.3) is 0 Å². The highest BCUT2D eigenvalue weighted by Gasteiger charge is 2.31. The Kier molecular flexibility index (Phi) is 6.68. The molecule has 0 saturated heterocycles. The van der Waals surface area contributed by atoms with Gasteiger partial charge in [0.25, 0.3) is 0 Å². The first-order valence-corrected chi connectivity index (χ1v) is 11.1. The lowest BCUT2D eigenvalue weighted by molar-refractivity contribution is -0.123. The smallest absolute Gasteiger partial charge is 0.346 e. The summed E-state index contributed by atoms with van der Waals surface area (Å²) in [5.41, 5.74) is 1.51. The molecule has 1 aliphatic heterocycles. The lowest BCUT2D eigenvalue weighted by Crippen LogP contribution is -2.39. The third kappa shape index (κ3) is 4.74. The summed E-state index contributed by atoms with van der Waals surface area (Å²) in [6.07, 6.45) is 1.39. The summed E-state index contributed by atoms with van der Waals surface area (Å²) in [6, 6.07) is 16.2. The summed E-state index contributed by atoms with van der Waals surface area (Å²) in [7, 11) is 0. The number of carbonyl (C=O) groups is 1. The first-order valence-electron chi connectivity index (χ1n) is 11.1. The normalized spacial score (nSPS) is 15.2. The van der Waals surface area contributed by atoms with E-state index in [1.54, 1.807) is 16.7 Å². The second-order valence-corrected chi connectivity index (χ2v) is 7.98. The van der Waals surface area contributed by atoms with Crippen molar-refractivity contribution < 1.29 is 9.18 Å². The topological polar surface area (TPSA) is 72.2 Å². The molecule has 4 rings (SSSR count). The molecule has 0 spiro atoms. The Bertz CT molecular complexity index is 1120. The van der Waals surface area contributed by atoms with E-state index in [4.69, 9.17) is 0 Å². The van der Waals surface area contributed by atoms with Crippen LogP contribution < -0.4 is 15.9 Å². The average molecular weight is 438 g/mol. The molecule has 2 aromatic carbocycles. The number of fused-ring (bicyclic) bond motifs is 1. The molecule has 0 bridgehead atoms. The molecule has 0 radical (unpaired) electrons. The summed E-state index contributed by atoms with van der Waals surface area (Å²) in [4.78, 5) is 27.9. The van der Waals surface area contributed by atoms with Crippen LogP contribution in [0.15, 0.2) is 59.4 Å². The minimum atomic E-state index is -0.461. The number of hydrogen-bond acceptors (Lipinski definition) is 4. The lowest BCUT2D eigenvalue weighted by atomic mass is 9.98. The van der Waals surface area contributed by atoms with Gasteiger partial charge in [-0.1, -0.05) is 30.3 Å². The van der Waals surface area contributed by atoms with Crippen molar-refractivity contribution in [3.63, 3.8) is 0 Å². The fourth-order valence-electron chi connectivity index (χ4n) is 4.21. The maximum Gasteiger partial charge on any atom is 0.346 e. The molecular weight excluding hydrogens is 409 g/mol. The van der Waals surface area contributed by atoms with Gasteiger partial charge in [-0.05, 0) is 49.6 Å². The molecule has 1 aromatic heterocycles. The molecule has 1 atom stereocenters. The van der Waals surface area contributed by atoms with E-state index in [1.807, 2.05) is 18.2 Å². The van der Waals surface area contributed by atoms with Gasteiger partial charge in [-0.25, -0.2) is 13.9 Å². The summed E-state index contributed by atoms with van der Waals surface area (Å²) in [5, 5.41) is 7.48. The minimum absolute atomic E-state index is 0.113. The predicted molar refractivity (Wildman–Crippen MR) is 121 cm³/mol. The number of halogens is 1. The SMILES string of the molecule is CCN(CCNC(=O)C1CCCn2c1nn(Cc1cccc(F)c1)c2=O)c1ccccc1. The highest BCUT2D eigenvalue weighted by Crippen LogP contribution is 2.24. The Hall–Kier alpha value is -3.42. The van der Waals surface area contributed by atoms with E-state index in [-0.39, 0.29) is 24.0 Å². The van der Waals surface area contributed by atoms with Crippen LogP contribution in [0.5, 0.6) is 0 Å². The van der Waals surface area contributed by atoms with Crippen LogP contribution in [0, 0.1) is 5.82 Å². The van der Waals surface area contributed by atoms with Crippen LogP contribution in [0.3, 0.4) is 0 Å². The lowest BCUT2D eigenvalue weighted by Gasteiger charge is -2.25. The summed E-state index contributed by atoms with van der Waals surface area (Å²) in [5.74, 6) is -0.436. The Morgan fingerprint density at radius 2 is 2.03 bits per heavy atom. The third-order valence-corrected chi connectivity index (χ3v) is 5.86. The summed E-state index contributed by atoms with van der Waals surface area (Å²) >= 11 is 0. The second kappa shape index (κ2) is 9.80. The van der Waals surface area contributed by atoms with E-state index in [2.05, 4.69) is 34.4 Å². The minimum Gasteiger partial charge on any atom is -0.370 e. The molecule has 2 heterocycles. The van der Waals surface area contributed by atoms with Gasteiger partial charge < -0.3 is 10.2 Å². The number of carbonyl (C=O) groups excluding carboxylic acids is 1. The number of para-hydroxylation sites is 1. The molecule has 1 N–H and O–H groups in total. The van der Waals surface area contributed by atoms with E-state index in [1.165, 1.54) is 16.8 Å². The monoisotopic (exact) mass is 437 g/mol. The molecule has 0 aliphatic carbocycles. The van der Waals surface area contributed by atoms with Crippen LogP contribution in [0.1, 0.15) is 37.1 Å². The maximum absolute atomic E-state index is 13.5. The fraction of sp³-hybridized carbons (Fsp3) is 0.375. The van der Waals surface area contributed by atoms with E-state index in [0.717, 1.165) is 18.7 Å². The average Bonchev–Trinajstić information content (AvgIpc) is 3.12. The highest BCUT2D eigenvalue weighted by atomic mass is 19.1. The molecule has 1 aliphatic rings. The van der Waals surface area contributed by atoms with Crippen LogP contribution in [0.2, 0.25) is 0 Å². The Morgan fingerprint density at radius 3 is 2.78 bits per heavy atom. The summed E-state index contributed by atoms with van der Waals surface area (Å²) in [6.45, 7) is 4.84. The number of nitrogens with one attached hydrogen (secondary N) is 1. The molecule has 0 fully saturated rings. The molecule has 1 amide bonds. The predicted octanol–water partition coefficient (Wildman–Crippen LogP) is 2.75. The maximum atomic E-state index is 13.5. The van der Waals surface area contributed by atoms with Crippen molar-refractivity contribution in [1.82, 2.24) is 19.7 Å². The number of anilines is 1. The van der Waals surface area contributed by atoms with E-state index in [0.29, 0.717) is 37.4 Å². The zero-order chi connectivity index (χ0) is 22.5. The van der Waals surface area contributed by atoms with Gasteiger partial charge in [0, 0.05) is 31.9 Å². The number of amides is 1. The molecule has 32 heavy (non-hydrogen) atoms. The van der Waals surface area contributed by atoms with Crippen molar-refractivity contribution in [2.45, 2.75) is 38.8 Å². The number of likely N-dealkylation sites (N-methyl/N-ethyl adjacent to an activating group) is 1. The van der Waals surface area contributed by atoms with Gasteiger partial charge in [0.15, 0.2) is 0 Å². The first kappa shape index (κ1) is 21.8. The number of aromatic nitrogens is 3. The number of hydrogen-bond donors (Lipinski definition) is 1. The number of rotatable bonds is 8. The van der Waals surface area contributed by atoms with Gasteiger partial charge in [-0.3, -0.25) is 9.36 Å². The van der Waals surface area contributed by atoms with Gasteiger partial charge in [0.05, 0.1) is 12.5 Å². The molecule has 7 nitrogen and oxygen atoms in total. The van der Waals surface area contributed by atoms with Crippen LogP contribution in [0.4, 0.5) is 10.1 Å². The van der Waals surface area contributed by atoms with Crippen molar-refractivity contribution in [1.29, 1.82) is 0 Å². The Labute approximate surface area is 186 Å². The van der Waals surface area contributed by atoms with E-state index in [9.17, 15) is 14.0 Å². The second-order valence-electron chi connectivity index (χ2n) is 7.98. The molecule has 8 heteroatoms. The first-order chi connectivity index (χ1) is 15.6. The standard InChI is InChI=1S/C24H28FN5O2/c1-2-28(20-10-4-3-5-11-20)15-13-26-23(31)21-12-7-14-29-22(21)27-30(24(29)32)17-18-8-6-9-19(25)16-18/h3-6,8-11,16,21H,2,7,12-15,17H2,1H3,(H,26,31). The zero-order valence-electron chi connectivity index (χ0n) is 18.2.